The molecule has 0 unspecified atom stereocenters. The summed E-state index contributed by atoms with van der Waals surface area (Å²) in [7, 11) is 0. The number of hydrogen-bond acceptors (Lipinski definition) is 4. The van der Waals surface area contributed by atoms with Crippen molar-refractivity contribution in [2.45, 2.75) is 49.9 Å². The first-order valence-corrected chi connectivity index (χ1v) is 9.80. The summed E-state index contributed by atoms with van der Waals surface area (Å²) >= 11 is 1.47. The summed E-state index contributed by atoms with van der Waals surface area (Å²) in [6.45, 7) is 9.82. The summed E-state index contributed by atoms with van der Waals surface area (Å²) in [5.41, 5.74) is 1.39. The van der Waals surface area contributed by atoms with Gasteiger partial charge in [-0.2, -0.15) is 5.10 Å². The lowest BCUT2D eigenvalue weighted by Gasteiger charge is -2.22. The molecule has 0 saturated carbocycles. The van der Waals surface area contributed by atoms with E-state index >= 15 is 0 Å². The summed E-state index contributed by atoms with van der Waals surface area (Å²) in [6, 6.07) is 13.9. The molecule has 0 N–H and O–H groups in total. The lowest BCUT2D eigenvalue weighted by molar-refractivity contribution is 0.0699. The summed E-state index contributed by atoms with van der Waals surface area (Å²) in [4.78, 5) is 14.4. The van der Waals surface area contributed by atoms with Gasteiger partial charge in [0.2, 0.25) is 5.88 Å². The second-order valence-corrected chi connectivity index (χ2v) is 8.67. The molecule has 28 heavy (non-hydrogen) atoms. The first kappa shape index (κ1) is 20.1. The van der Waals surface area contributed by atoms with Gasteiger partial charge in [0.15, 0.2) is 0 Å². The minimum atomic E-state index is -0.741. The average molecular weight is 399 g/mol. The predicted molar refractivity (Wildman–Crippen MR) is 109 cm³/mol. The Balaban J connectivity index is 2.03. The van der Waals surface area contributed by atoms with Gasteiger partial charge in [-0.15, -0.1) is 0 Å². The van der Waals surface area contributed by atoms with Crippen LogP contribution in [0.1, 0.15) is 42.4 Å². The number of esters is 1. The largest absolute Gasteiger partial charge is 0.403 e. The Morgan fingerprint density at radius 1 is 1.07 bits per heavy atom. The molecule has 3 aromatic rings. The second kappa shape index (κ2) is 7.80. The van der Waals surface area contributed by atoms with Crippen molar-refractivity contribution >= 4 is 17.7 Å². The molecule has 0 fully saturated rings. The van der Waals surface area contributed by atoms with Crippen LogP contribution in [-0.4, -0.2) is 15.7 Å². The molecule has 3 rings (SSSR count). The van der Waals surface area contributed by atoms with Crippen molar-refractivity contribution in [3.8, 4) is 5.88 Å². The van der Waals surface area contributed by atoms with Crippen LogP contribution >= 0.6 is 11.8 Å². The SMILES string of the molecule is Cc1ccc(Sc2c(C)nn(C(C)(C)C)c2OC(=O)c2ccccc2F)cc1. The Hall–Kier alpha value is -2.60. The van der Waals surface area contributed by atoms with Crippen molar-refractivity contribution in [2.24, 2.45) is 0 Å². The monoisotopic (exact) mass is 398 g/mol. The highest BCUT2D eigenvalue weighted by atomic mass is 32.2. The molecular formula is C22H23FN2O2S. The lowest BCUT2D eigenvalue weighted by Crippen LogP contribution is -2.25. The third-order valence-corrected chi connectivity index (χ3v) is 5.31. The number of hydrogen-bond donors (Lipinski definition) is 0. The van der Waals surface area contributed by atoms with Crippen molar-refractivity contribution in [2.75, 3.05) is 0 Å². The van der Waals surface area contributed by atoms with E-state index in [9.17, 15) is 9.18 Å². The lowest BCUT2D eigenvalue weighted by atomic mass is 10.1. The normalized spacial score (nSPS) is 11.5. The molecule has 0 aliphatic heterocycles. The van der Waals surface area contributed by atoms with E-state index in [4.69, 9.17) is 4.74 Å². The zero-order valence-corrected chi connectivity index (χ0v) is 17.4. The Bertz CT molecular complexity index is 1000. The van der Waals surface area contributed by atoms with Crippen LogP contribution in [0.25, 0.3) is 0 Å². The predicted octanol–water partition coefficient (Wildman–Crippen LogP) is 5.76. The summed E-state index contributed by atoms with van der Waals surface area (Å²) in [5.74, 6) is -1.03. The van der Waals surface area contributed by atoms with Crippen LogP contribution in [0.15, 0.2) is 58.3 Å². The number of ether oxygens (including phenoxy) is 1. The Labute approximate surface area is 168 Å². The van der Waals surface area contributed by atoms with Crippen LogP contribution in [0, 0.1) is 19.7 Å². The number of nitrogens with zero attached hydrogens (tertiary/aromatic N) is 2. The number of aryl methyl sites for hydroxylation is 2. The van der Waals surface area contributed by atoms with Crippen LogP contribution < -0.4 is 4.74 Å². The van der Waals surface area contributed by atoms with Crippen LogP contribution in [-0.2, 0) is 5.54 Å². The highest BCUT2D eigenvalue weighted by Gasteiger charge is 2.28. The molecule has 0 radical (unpaired) electrons. The van der Waals surface area contributed by atoms with Crippen LogP contribution in [0.2, 0.25) is 0 Å². The number of halogens is 1. The maximum atomic E-state index is 14.0. The van der Waals surface area contributed by atoms with E-state index in [2.05, 4.69) is 5.10 Å². The zero-order valence-electron chi connectivity index (χ0n) is 16.6. The van der Waals surface area contributed by atoms with Gasteiger partial charge in [-0.05, 0) is 58.9 Å². The fourth-order valence-electron chi connectivity index (χ4n) is 2.65. The van der Waals surface area contributed by atoms with Crippen molar-refractivity contribution in [1.82, 2.24) is 9.78 Å². The highest BCUT2D eigenvalue weighted by molar-refractivity contribution is 7.99. The van der Waals surface area contributed by atoms with Gasteiger partial charge >= 0.3 is 5.97 Å². The van der Waals surface area contributed by atoms with Gasteiger partial charge < -0.3 is 4.74 Å². The van der Waals surface area contributed by atoms with E-state index in [0.29, 0.717) is 5.88 Å². The third-order valence-electron chi connectivity index (χ3n) is 4.12. The molecule has 1 aromatic heterocycles. The van der Waals surface area contributed by atoms with Crippen molar-refractivity contribution in [3.05, 3.63) is 71.2 Å². The minimum Gasteiger partial charge on any atom is -0.403 e. The molecule has 6 heteroatoms. The number of carbonyl (C=O) groups is 1. The van der Waals surface area contributed by atoms with Crippen molar-refractivity contribution < 1.29 is 13.9 Å². The van der Waals surface area contributed by atoms with Gasteiger partial charge in [-0.3, -0.25) is 0 Å². The van der Waals surface area contributed by atoms with Crippen molar-refractivity contribution in [3.63, 3.8) is 0 Å². The highest BCUT2D eigenvalue weighted by Crippen LogP contribution is 2.40. The summed E-state index contributed by atoms with van der Waals surface area (Å²) < 4.78 is 21.4. The molecule has 0 amide bonds. The average Bonchev–Trinajstić information content (AvgIpc) is 2.93. The van der Waals surface area contributed by atoms with Gasteiger partial charge in [-0.1, -0.05) is 41.6 Å². The fraction of sp³-hybridized carbons (Fsp3) is 0.273. The molecule has 0 saturated heterocycles. The van der Waals surface area contributed by atoms with E-state index in [1.54, 1.807) is 10.7 Å². The molecule has 4 nitrogen and oxygen atoms in total. The molecule has 0 atom stereocenters. The molecular weight excluding hydrogens is 375 g/mol. The van der Waals surface area contributed by atoms with Gasteiger partial charge in [0.25, 0.3) is 0 Å². The first-order chi connectivity index (χ1) is 13.2. The Kier molecular flexibility index (Phi) is 5.61. The molecule has 0 spiro atoms. The first-order valence-electron chi connectivity index (χ1n) is 8.98. The van der Waals surface area contributed by atoms with Gasteiger partial charge in [-0.25, -0.2) is 13.9 Å². The topological polar surface area (TPSA) is 44.1 Å². The minimum absolute atomic E-state index is 0.104. The van der Waals surface area contributed by atoms with Gasteiger partial charge in [0.1, 0.15) is 5.82 Å². The Morgan fingerprint density at radius 3 is 2.32 bits per heavy atom. The number of aromatic nitrogens is 2. The maximum absolute atomic E-state index is 14.0. The number of carbonyl (C=O) groups excluding carboxylic acids is 1. The van der Waals surface area contributed by atoms with E-state index in [-0.39, 0.29) is 5.56 Å². The molecule has 146 valence electrons. The quantitative estimate of drug-likeness (QED) is 0.524. The van der Waals surface area contributed by atoms with E-state index in [1.807, 2.05) is 58.9 Å². The van der Waals surface area contributed by atoms with Crippen LogP contribution in [0.4, 0.5) is 4.39 Å². The Morgan fingerprint density at radius 2 is 1.71 bits per heavy atom. The standard InChI is InChI=1S/C22H23FN2O2S/c1-14-10-12-16(13-11-14)28-19-15(2)24-25(22(3,4)5)20(19)27-21(26)17-8-6-7-9-18(17)23/h6-13H,1-5H3. The maximum Gasteiger partial charge on any atom is 0.347 e. The van der Waals surface area contributed by atoms with Gasteiger partial charge in [0, 0.05) is 4.90 Å². The van der Waals surface area contributed by atoms with Crippen molar-refractivity contribution in [1.29, 1.82) is 0 Å². The number of benzene rings is 2. The summed E-state index contributed by atoms with van der Waals surface area (Å²) in [5, 5.41) is 4.59. The zero-order chi connectivity index (χ0) is 20.5. The molecule has 0 aliphatic carbocycles. The van der Waals surface area contributed by atoms with Crippen LogP contribution in [0.5, 0.6) is 5.88 Å². The fourth-order valence-corrected chi connectivity index (χ4v) is 3.56. The van der Waals surface area contributed by atoms with E-state index < -0.39 is 17.3 Å². The summed E-state index contributed by atoms with van der Waals surface area (Å²) in [6.07, 6.45) is 0. The molecule has 2 aromatic carbocycles. The van der Waals surface area contributed by atoms with Crippen LogP contribution in [0.3, 0.4) is 0 Å². The van der Waals surface area contributed by atoms with E-state index in [1.165, 1.54) is 30.0 Å². The van der Waals surface area contributed by atoms with E-state index in [0.717, 1.165) is 21.0 Å². The number of rotatable bonds is 4. The second-order valence-electron chi connectivity index (χ2n) is 7.59. The third kappa shape index (κ3) is 4.28. The molecule has 0 bridgehead atoms. The molecule has 0 aliphatic rings. The molecule has 1 heterocycles. The smallest absolute Gasteiger partial charge is 0.347 e. The van der Waals surface area contributed by atoms with Gasteiger partial charge in [0.05, 0.1) is 21.7 Å².